The molecule has 0 fully saturated rings. The number of rotatable bonds is 2. The minimum Gasteiger partial charge on any atom is -0.453 e. The minimum atomic E-state index is 0.819. The lowest BCUT2D eigenvalue weighted by Crippen LogP contribution is -2.07. The molecule has 0 aliphatic carbocycles. The third-order valence-corrected chi connectivity index (χ3v) is 6.91. The molecule has 4 nitrogen and oxygen atoms in total. The number of hydrogen-bond donors (Lipinski definition) is 0. The van der Waals surface area contributed by atoms with Crippen molar-refractivity contribution in [1.29, 1.82) is 0 Å². The van der Waals surface area contributed by atoms with Gasteiger partial charge in [-0.25, -0.2) is 4.98 Å². The minimum absolute atomic E-state index is 0.819. The molecule has 0 spiro atoms. The number of fused-ring (bicyclic) bond motifs is 5. The van der Waals surface area contributed by atoms with Crippen molar-refractivity contribution >= 4 is 32.8 Å². The van der Waals surface area contributed by atoms with Gasteiger partial charge in [0.05, 0.1) is 27.9 Å². The van der Waals surface area contributed by atoms with Gasteiger partial charge in [-0.15, -0.1) is 0 Å². The van der Waals surface area contributed by atoms with Gasteiger partial charge in [0, 0.05) is 22.4 Å². The Labute approximate surface area is 201 Å². The zero-order chi connectivity index (χ0) is 22.9. The van der Waals surface area contributed by atoms with E-state index in [0.717, 1.165) is 45.3 Å². The highest BCUT2D eigenvalue weighted by Crippen LogP contribution is 2.44. The molecule has 0 bridgehead atoms. The van der Waals surface area contributed by atoms with Crippen molar-refractivity contribution < 1.29 is 4.74 Å². The molecule has 0 radical (unpaired) electrons. The fourth-order valence-corrected chi connectivity index (χ4v) is 5.42. The molecule has 0 saturated heterocycles. The van der Waals surface area contributed by atoms with Crippen molar-refractivity contribution in [3.8, 4) is 34.3 Å². The van der Waals surface area contributed by atoms with Gasteiger partial charge >= 0.3 is 0 Å². The van der Waals surface area contributed by atoms with Gasteiger partial charge in [-0.05, 0) is 36.4 Å². The first kappa shape index (κ1) is 18.6. The SMILES string of the molecule is c1ccc(-c2nc3cccc4c3n2-c2ccc(-n3c5ccccc5c5ccccc53)cc2O4)cc1. The predicted octanol–water partition coefficient (Wildman–Crippen LogP) is 7.90. The number of benzene rings is 5. The first-order valence-corrected chi connectivity index (χ1v) is 11.7. The van der Waals surface area contributed by atoms with E-state index in [-0.39, 0.29) is 0 Å². The van der Waals surface area contributed by atoms with Crippen LogP contribution in [-0.2, 0) is 0 Å². The Morgan fingerprint density at radius 3 is 2.06 bits per heavy atom. The standard InChI is InChI=1S/C31H19N3O/c1-2-9-20(10-3-1)31-32-24-13-8-16-28-30(24)34(31)27-18-17-21(19-29(27)35-28)33-25-14-6-4-11-22(25)23-12-5-7-15-26(23)33/h1-19H. The van der Waals surface area contributed by atoms with Crippen LogP contribution in [0.5, 0.6) is 11.5 Å². The molecule has 7 aromatic rings. The van der Waals surface area contributed by atoms with Gasteiger partial charge in [0.25, 0.3) is 0 Å². The summed E-state index contributed by atoms with van der Waals surface area (Å²) in [5.74, 6) is 2.56. The Bertz CT molecular complexity index is 1880. The average molecular weight is 450 g/mol. The largest absolute Gasteiger partial charge is 0.453 e. The van der Waals surface area contributed by atoms with E-state index in [4.69, 9.17) is 9.72 Å². The van der Waals surface area contributed by atoms with Gasteiger partial charge < -0.3 is 9.30 Å². The summed E-state index contributed by atoms with van der Waals surface area (Å²) in [5, 5.41) is 2.49. The van der Waals surface area contributed by atoms with Gasteiger partial charge in [0.2, 0.25) is 0 Å². The first-order chi connectivity index (χ1) is 17.4. The maximum Gasteiger partial charge on any atom is 0.153 e. The van der Waals surface area contributed by atoms with E-state index in [9.17, 15) is 0 Å². The van der Waals surface area contributed by atoms with E-state index < -0.39 is 0 Å². The van der Waals surface area contributed by atoms with Gasteiger partial charge in [-0.1, -0.05) is 72.8 Å². The van der Waals surface area contributed by atoms with Crippen molar-refractivity contribution in [3.05, 3.63) is 115 Å². The molecule has 164 valence electrons. The van der Waals surface area contributed by atoms with E-state index in [1.807, 2.05) is 24.3 Å². The van der Waals surface area contributed by atoms with Crippen molar-refractivity contribution in [3.63, 3.8) is 0 Å². The highest BCUT2D eigenvalue weighted by atomic mass is 16.5. The fraction of sp³-hybridized carbons (Fsp3) is 0. The molecular formula is C31H19N3O. The number of aromatic nitrogens is 3. The van der Waals surface area contributed by atoms with Crippen LogP contribution in [0.1, 0.15) is 0 Å². The van der Waals surface area contributed by atoms with Crippen LogP contribution in [0.15, 0.2) is 115 Å². The third kappa shape index (κ3) is 2.53. The van der Waals surface area contributed by atoms with E-state index >= 15 is 0 Å². The van der Waals surface area contributed by atoms with Crippen LogP contribution in [0, 0.1) is 0 Å². The Kier molecular flexibility index (Phi) is 3.63. The van der Waals surface area contributed by atoms with Crippen LogP contribution in [0.3, 0.4) is 0 Å². The highest BCUT2D eigenvalue weighted by molar-refractivity contribution is 6.09. The molecule has 0 N–H and O–H groups in total. The summed E-state index contributed by atoms with van der Waals surface area (Å²) in [5.41, 5.74) is 7.43. The van der Waals surface area contributed by atoms with Crippen molar-refractivity contribution in [2.24, 2.45) is 0 Å². The summed E-state index contributed by atoms with van der Waals surface area (Å²) >= 11 is 0. The van der Waals surface area contributed by atoms with Gasteiger partial charge in [-0.2, -0.15) is 0 Å². The molecule has 4 heteroatoms. The number of imidazole rings is 1. The summed E-state index contributed by atoms with van der Waals surface area (Å²) in [6.45, 7) is 0. The zero-order valence-corrected chi connectivity index (χ0v) is 18.7. The summed E-state index contributed by atoms with van der Waals surface area (Å²) in [6.07, 6.45) is 0. The van der Waals surface area contributed by atoms with E-state index in [1.54, 1.807) is 0 Å². The lowest BCUT2D eigenvalue weighted by Gasteiger charge is -2.22. The normalized spacial score (nSPS) is 12.2. The molecule has 1 aliphatic heterocycles. The zero-order valence-electron chi connectivity index (χ0n) is 18.7. The maximum absolute atomic E-state index is 6.49. The molecule has 0 saturated carbocycles. The Balaban J connectivity index is 1.41. The monoisotopic (exact) mass is 449 g/mol. The molecule has 1 aliphatic rings. The van der Waals surface area contributed by atoms with Crippen LogP contribution < -0.4 is 4.74 Å². The summed E-state index contributed by atoms with van der Waals surface area (Å²) in [7, 11) is 0. The molecule has 0 unspecified atom stereocenters. The molecule has 5 aromatic carbocycles. The Morgan fingerprint density at radius 1 is 0.571 bits per heavy atom. The fourth-order valence-electron chi connectivity index (χ4n) is 5.42. The van der Waals surface area contributed by atoms with Crippen molar-refractivity contribution in [2.75, 3.05) is 0 Å². The number of nitrogens with zero attached hydrogens (tertiary/aromatic N) is 3. The number of ether oxygens (including phenoxy) is 1. The second kappa shape index (κ2) is 6.84. The molecule has 8 rings (SSSR count). The van der Waals surface area contributed by atoms with Gasteiger partial charge in [0.15, 0.2) is 11.5 Å². The Hall–Kier alpha value is -4.83. The van der Waals surface area contributed by atoms with Crippen LogP contribution in [-0.4, -0.2) is 14.1 Å². The number of hydrogen-bond acceptors (Lipinski definition) is 2. The van der Waals surface area contributed by atoms with E-state index in [1.165, 1.54) is 21.8 Å². The predicted molar refractivity (Wildman–Crippen MR) is 141 cm³/mol. The molecule has 3 heterocycles. The third-order valence-electron chi connectivity index (χ3n) is 6.91. The molecule has 2 aromatic heterocycles. The highest BCUT2D eigenvalue weighted by Gasteiger charge is 2.25. The topological polar surface area (TPSA) is 32.0 Å². The molecule has 35 heavy (non-hydrogen) atoms. The van der Waals surface area contributed by atoms with Gasteiger partial charge in [0.1, 0.15) is 11.3 Å². The quantitative estimate of drug-likeness (QED) is 0.269. The Morgan fingerprint density at radius 2 is 1.29 bits per heavy atom. The lowest BCUT2D eigenvalue weighted by atomic mass is 10.1. The summed E-state index contributed by atoms with van der Waals surface area (Å²) in [6, 6.07) is 40.0. The smallest absolute Gasteiger partial charge is 0.153 e. The van der Waals surface area contributed by atoms with Crippen molar-refractivity contribution in [2.45, 2.75) is 0 Å². The molecule has 0 amide bonds. The summed E-state index contributed by atoms with van der Waals surface area (Å²) in [4.78, 5) is 4.99. The first-order valence-electron chi connectivity index (χ1n) is 11.7. The molecule has 0 atom stereocenters. The summed E-state index contributed by atoms with van der Waals surface area (Å²) < 4.78 is 11.0. The van der Waals surface area contributed by atoms with E-state index in [0.29, 0.717) is 0 Å². The van der Waals surface area contributed by atoms with Crippen LogP contribution in [0.25, 0.3) is 55.6 Å². The second-order valence-electron chi connectivity index (χ2n) is 8.88. The maximum atomic E-state index is 6.49. The van der Waals surface area contributed by atoms with Crippen LogP contribution >= 0.6 is 0 Å². The van der Waals surface area contributed by atoms with Crippen molar-refractivity contribution in [1.82, 2.24) is 14.1 Å². The average Bonchev–Trinajstić information content (AvgIpc) is 3.47. The lowest BCUT2D eigenvalue weighted by molar-refractivity contribution is 0.475. The van der Waals surface area contributed by atoms with Crippen LogP contribution in [0.2, 0.25) is 0 Å². The van der Waals surface area contributed by atoms with E-state index in [2.05, 4.69) is 100 Å². The number of para-hydroxylation sites is 3. The molecular weight excluding hydrogens is 430 g/mol. The second-order valence-corrected chi connectivity index (χ2v) is 8.88. The van der Waals surface area contributed by atoms with Gasteiger partial charge in [-0.3, -0.25) is 4.57 Å². The van der Waals surface area contributed by atoms with Crippen LogP contribution in [0.4, 0.5) is 0 Å².